The second-order valence-electron chi connectivity index (χ2n) is 3.69. The van der Waals surface area contributed by atoms with Crippen LogP contribution in [0.25, 0.3) is 0 Å². The lowest BCUT2D eigenvalue weighted by Crippen LogP contribution is -2.31. The van der Waals surface area contributed by atoms with Gasteiger partial charge in [-0.25, -0.2) is 4.79 Å². The standard InChI is InChI=1S/C11H9Cl2N3O2/c12-7-2-1-6(8(13)3-7)5-16-9(14)4-10(17)15-11(16)18/h1-4H,5,14H2,(H,15,17,18). The Morgan fingerprint density at radius 1 is 1.22 bits per heavy atom. The third-order valence-corrected chi connectivity index (χ3v) is 3.00. The highest BCUT2D eigenvalue weighted by Crippen LogP contribution is 2.21. The van der Waals surface area contributed by atoms with Crippen molar-refractivity contribution in [1.29, 1.82) is 0 Å². The number of halogens is 2. The van der Waals surface area contributed by atoms with Crippen molar-refractivity contribution < 1.29 is 0 Å². The maximum Gasteiger partial charge on any atom is 0.330 e. The van der Waals surface area contributed by atoms with Crippen molar-refractivity contribution in [3.8, 4) is 0 Å². The molecule has 1 aromatic carbocycles. The molecule has 1 aromatic heterocycles. The number of hydrogen-bond acceptors (Lipinski definition) is 3. The summed E-state index contributed by atoms with van der Waals surface area (Å²) in [6.45, 7) is 0.164. The molecule has 0 fully saturated rings. The van der Waals surface area contributed by atoms with Crippen molar-refractivity contribution in [3.05, 3.63) is 60.7 Å². The minimum atomic E-state index is -0.578. The second kappa shape index (κ2) is 4.88. The number of rotatable bonds is 2. The second-order valence-corrected chi connectivity index (χ2v) is 4.53. The van der Waals surface area contributed by atoms with E-state index in [9.17, 15) is 9.59 Å². The van der Waals surface area contributed by atoms with Gasteiger partial charge in [0.2, 0.25) is 0 Å². The predicted molar refractivity (Wildman–Crippen MR) is 71.3 cm³/mol. The van der Waals surface area contributed by atoms with Crippen LogP contribution in [-0.4, -0.2) is 9.55 Å². The lowest BCUT2D eigenvalue weighted by Gasteiger charge is -2.09. The predicted octanol–water partition coefficient (Wildman–Crippen LogP) is 1.47. The zero-order valence-corrected chi connectivity index (χ0v) is 10.6. The van der Waals surface area contributed by atoms with E-state index in [-0.39, 0.29) is 12.4 Å². The van der Waals surface area contributed by atoms with Crippen LogP contribution in [0.5, 0.6) is 0 Å². The SMILES string of the molecule is Nc1cc(=O)[nH]c(=O)n1Cc1ccc(Cl)cc1Cl. The molecule has 0 unspecified atom stereocenters. The van der Waals surface area contributed by atoms with E-state index in [1.54, 1.807) is 18.2 Å². The smallest absolute Gasteiger partial charge is 0.330 e. The number of nitrogen functional groups attached to an aromatic ring is 1. The molecule has 1 heterocycles. The quantitative estimate of drug-likeness (QED) is 0.877. The van der Waals surface area contributed by atoms with Crippen molar-refractivity contribution in [1.82, 2.24) is 9.55 Å². The Labute approximate surface area is 112 Å². The van der Waals surface area contributed by atoms with E-state index in [0.29, 0.717) is 15.6 Å². The van der Waals surface area contributed by atoms with E-state index in [4.69, 9.17) is 28.9 Å². The van der Waals surface area contributed by atoms with Crippen LogP contribution in [-0.2, 0) is 6.54 Å². The van der Waals surface area contributed by atoms with Crippen LogP contribution in [0.1, 0.15) is 5.56 Å². The Bertz CT molecular complexity index is 706. The summed E-state index contributed by atoms with van der Waals surface area (Å²) in [5, 5.41) is 0.936. The van der Waals surface area contributed by atoms with Gasteiger partial charge in [-0.1, -0.05) is 29.3 Å². The molecule has 0 saturated carbocycles. The number of H-pyrrole nitrogens is 1. The number of nitrogens with zero attached hydrogens (tertiary/aromatic N) is 1. The van der Waals surface area contributed by atoms with Crippen molar-refractivity contribution in [2.75, 3.05) is 5.73 Å². The highest BCUT2D eigenvalue weighted by Gasteiger charge is 2.07. The van der Waals surface area contributed by atoms with Crippen molar-refractivity contribution in [2.24, 2.45) is 0 Å². The van der Waals surface area contributed by atoms with Crippen molar-refractivity contribution in [2.45, 2.75) is 6.54 Å². The zero-order chi connectivity index (χ0) is 13.3. The monoisotopic (exact) mass is 285 g/mol. The molecule has 5 nitrogen and oxygen atoms in total. The number of aromatic amines is 1. The van der Waals surface area contributed by atoms with Gasteiger partial charge in [-0.2, -0.15) is 0 Å². The van der Waals surface area contributed by atoms with Gasteiger partial charge in [-0.05, 0) is 17.7 Å². The van der Waals surface area contributed by atoms with Gasteiger partial charge in [-0.15, -0.1) is 0 Å². The normalized spacial score (nSPS) is 10.6. The minimum absolute atomic E-state index is 0.0785. The molecule has 18 heavy (non-hydrogen) atoms. The first kappa shape index (κ1) is 12.7. The molecule has 0 aliphatic rings. The van der Waals surface area contributed by atoms with Crippen LogP contribution >= 0.6 is 23.2 Å². The Kier molecular flexibility index (Phi) is 3.45. The summed E-state index contributed by atoms with van der Waals surface area (Å²) in [7, 11) is 0. The molecule has 2 rings (SSSR count). The largest absolute Gasteiger partial charge is 0.385 e. The summed E-state index contributed by atoms with van der Waals surface area (Å²) in [4.78, 5) is 24.8. The molecule has 0 saturated heterocycles. The van der Waals surface area contributed by atoms with Gasteiger partial charge >= 0.3 is 5.69 Å². The lowest BCUT2D eigenvalue weighted by molar-refractivity contribution is 0.733. The molecule has 0 aliphatic heterocycles. The number of hydrogen-bond donors (Lipinski definition) is 2. The van der Waals surface area contributed by atoms with Crippen LogP contribution in [0.4, 0.5) is 5.82 Å². The van der Waals surface area contributed by atoms with Gasteiger partial charge < -0.3 is 5.73 Å². The van der Waals surface area contributed by atoms with Crippen LogP contribution in [0, 0.1) is 0 Å². The molecule has 0 bridgehead atoms. The fraction of sp³-hybridized carbons (Fsp3) is 0.0909. The Morgan fingerprint density at radius 3 is 2.56 bits per heavy atom. The summed E-state index contributed by atoms with van der Waals surface area (Å²) >= 11 is 11.8. The first-order valence-electron chi connectivity index (χ1n) is 5.01. The van der Waals surface area contributed by atoms with E-state index in [2.05, 4.69) is 4.98 Å². The number of nitrogens with one attached hydrogen (secondary N) is 1. The topological polar surface area (TPSA) is 80.9 Å². The van der Waals surface area contributed by atoms with Crippen LogP contribution < -0.4 is 17.0 Å². The average molecular weight is 286 g/mol. The first-order valence-corrected chi connectivity index (χ1v) is 5.76. The zero-order valence-electron chi connectivity index (χ0n) is 9.11. The first-order chi connectivity index (χ1) is 8.47. The molecule has 0 radical (unpaired) electrons. The third kappa shape index (κ3) is 2.57. The molecule has 0 atom stereocenters. The third-order valence-electron chi connectivity index (χ3n) is 2.41. The van der Waals surface area contributed by atoms with Gasteiger partial charge in [0.05, 0.1) is 6.54 Å². The number of aromatic nitrogens is 2. The highest BCUT2D eigenvalue weighted by atomic mass is 35.5. The number of benzene rings is 1. The maximum absolute atomic E-state index is 11.6. The summed E-state index contributed by atoms with van der Waals surface area (Å²) in [5.41, 5.74) is 5.20. The van der Waals surface area contributed by atoms with Crippen molar-refractivity contribution in [3.63, 3.8) is 0 Å². The van der Waals surface area contributed by atoms with Gasteiger partial charge in [0.25, 0.3) is 5.56 Å². The van der Waals surface area contributed by atoms with Gasteiger partial charge in [0, 0.05) is 16.1 Å². The maximum atomic E-state index is 11.6. The molecule has 94 valence electrons. The molecular formula is C11H9Cl2N3O2. The average Bonchev–Trinajstić information content (AvgIpc) is 2.25. The molecule has 7 heteroatoms. The van der Waals surface area contributed by atoms with E-state index in [1.165, 1.54) is 4.57 Å². The molecule has 0 spiro atoms. The van der Waals surface area contributed by atoms with E-state index < -0.39 is 11.2 Å². The van der Waals surface area contributed by atoms with E-state index >= 15 is 0 Å². The van der Waals surface area contributed by atoms with Gasteiger partial charge in [-0.3, -0.25) is 14.3 Å². The fourth-order valence-electron chi connectivity index (χ4n) is 1.52. The highest BCUT2D eigenvalue weighted by molar-refractivity contribution is 6.35. The molecule has 0 amide bonds. The molecular weight excluding hydrogens is 277 g/mol. The molecule has 2 aromatic rings. The summed E-state index contributed by atoms with van der Waals surface area (Å²) in [5.74, 6) is 0.0785. The Hall–Kier alpha value is -1.72. The molecule has 3 N–H and O–H groups in total. The molecule has 0 aliphatic carbocycles. The Morgan fingerprint density at radius 2 is 1.94 bits per heavy atom. The summed E-state index contributed by atoms with van der Waals surface area (Å²) in [6, 6.07) is 6.08. The van der Waals surface area contributed by atoms with Crippen LogP contribution in [0.15, 0.2) is 33.9 Å². The lowest BCUT2D eigenvalue weighted by atomic mass is 10.2. The van der Waals surface area contributed by atoms with Crippen molar-refractivity contribution >= 4 is 29.0 Å². The van der Waals surface area contributed by atoms with Gasteiger partial charge in [0.1, 0.15) is 5.82 Å². The number of anilines is 1. The van der Waals surface area contributed by atoms with Gasteiger partial charge in [0.15, 0.2) is 0 Å². The Balaban J connectivity index is 2.46. The van der Waals surface area contributed by atoms with E-state index in [0.717, 1.165) is 6.07 Å². The summed E-state index contributed by atoms with van der Waals surface area (Å²) in [6.07, 6.45) is 0. The fourth-order valence-corrected chi connectivity index (χ4v) is 1.99. The van der Waals surface area contributed by atoms with Crippen LogP contribution in [0.3, 0.4) is 0 Å². The summed E-state index contributed by atoms with van der Waals surface area (Å²) < 4.78 is 1.22. The van der Waals surface area contributed by atoms with Crippen LogP contribution in [0.2, 0.25) is 10.0 Å². The number of nitrogens with two attached hydrogens (primary N) is 1. The van der Waals surface area contributed by atoms with E-state index in [1.807, 2.05) is 0 Å². The minimum Gasteiger partial charge on any atom is -0.385 e.